The van der Waals surface area contributed by atoms with Crippen molar-refractivity contribution in [2.45, 2.75) is 72.9 Å². The lowest BCUT2D eigenvalue weighted by atomic mass is 9.91. The fraction of sp³-hybridized carbons (Fsp3) is 0.500. The van der Waals surface area contributed by atoms with Crippen LogP contribution in [0.15, 0.2) is 56.7 Å². The Labute approximate surface area is 230 Å². The van der Waals surface area contributed by atoms with E-state index in [2.05, 4.69) is 15.9 Å². The van der Waals surface area contributed by atoms with Gasteiger partial charge in [0.1, 0.15) is 0 Å². The van der Waals surface area contributed by atoms with Gasteiger partial charge in [-0.1, -0.05) is 13.0 Å². The number of alkyl halides is 3. The molecular weight excluding hydrogens is 607 g/mol. The maximum Gasteiger partial charge on any atom is 0.416 e. The SMILES string of the molecule is CCC(C1CCN(C(=O)c2ccc(S(=O)(=O)C(C)(C)C)cc2Br)CC1)S(=O)(=O)c1cccc(C(F)(F)F)c1. The van der Waals surface area contributed by atoms with Crippen molar-refractivity contribution in [1.82, 2.24) is 4.90 Å². The quantitative estimate of drug-likeness (QED) is 0.379. The molecule has 1 aliphatic rings. The van der Waals surface area contributed by atoms with Crippen LogP contribution in [0.1, 0.15) is 62.9 Å². The number of carbonyl (C=O) groups excluding carboxylic acids is 1. The second kappa shape index (κ2) is 10.9. The fourth-order valence-corrected chi connectivity index (χ4v) is 8.72. The Morgan fingerprint density at radius 2 is 1.61 bits per heavy atom. The lowest BCUT2D eigenvalue weighted by Gasteiger charge is -2.36. The summed E-state index contributed by atoms with van der Waals surface area (Å²) in [5, 5.41) is -0.878. The van der Waals surface area contributed by atoms with Gasteiger partial charge < -0.3 is 4.90 Å². The van der Waals surface area contributed by atoms with E-state index < -0.39 is 41.4 Å². The van der Waals surface area contributed by atoms with Crippen molar-refractivity contribution in [3.8, 4) is 0 Å². The van der Waals surface area contributed by atoms with Gasteiger partial charge in [-0.2, -0.15) is 13.2 Å². The average molecular weight is 639 g/mol. The van der Waals surface area contributed by atoms with Crippen LogP contribution in [0.25, 0.3) is 0 Å². The highest BCUT2D eigenvalue weighted by atomic mass is 79.9. The molecule has 3 rings (SSSR count). The summed E-state index contributed by atoms with van der Waals surface area (Å²) in [6.45, 7) is 7.01. The molecule has 210 valence electrons. The third-order valence-electron chi connectivity index (χ3n) is 6.93. The minimum atomic E-state index is -4.65. The second-order valence-corrected chi connectivity index (χ2v) is 16.1. The molecule has 0 spiro atoms. The number of benzene rings is 2. The van der Waals surface area contributed by atoms with Crippen LogP contribution in [0, 0.1) is 5.92 Å². The first kappa shape index (κ1) is 30.6. The Morgan fingerprint density at radius 3 is 2.11 bits per heavy atom. The van der Waals surface area contributed by atoms with Gasteiger partial charge in [0.05, 0.1) is 30.9 Å². The molecule has 1 atom stereocenters. The summed E-state index contributed by atoms with van der Waals surface area (Å²) in [6.07, 6.45) is -3.68. The van der Waals surface area contributed by atoms with Crippen molar-refractivity contribution >= 4 is 41.5 Å². The van der Waals surface area contributed by atoms with Crippen LogP contribution >= 0.6 is 15.9 Å². The Kier molecular flexibility index (Phi) is 8.80. The number of carbonyl (C=O) groups is 1. The van der Waals surface area contributed by atoms with Crippen LogP contribution < -0.4 is 0 Å². The molecule has 38 heavy (non-hydrogen) atoms. The van der Waals surface area contributed by atoms with Crippen LogP contribution in [0.5, 0.6) is 0 Å². The number of likely N-dealkylation sites (tertiary alicyclic amines) is 1. The zero-order valence-electron chi connectivity index (χ0n) is 21.5. The third kappa shape index (κ3) is 6.12. The first-order valence-corrected chi connectivity index (χ1v) is 16.0. The predicted molar refractivity (Wildman–Crippen MR) is 142 cm³/mol. The van der Waals surface area contributed by atoms with Crippen LogP contribution in [0.4, 0.5) is 13.2 Å². The van der Waals surface area contributed by atoms with Gasteiger partial charge in [0.2, 0.25) is 0 Å². The zero-order valence-corrected chi connectivity index (χ0v) is 24.8. The number of amides is 1. The maximum absolute atomic E-state index is 13.3. The van der Waals surface area contributed by atoms with Crippen molar-refractivity contribution in [2.24, 2.45) is 5.92 Å². The van der Waals surface area contributed by atoms with Gasteiger partial charge >= 0.3 is 6.18 Å². The van der Waals surface area contributed by atoms with E-state index >= 15 is 0 Å². The summed E-state index contributed by atoms with van der Waals surface area (Å²) >= 11 is 3.32. The molecule has 1 saturated heterocycles. The number of hydrogen-bond acceptors (Lipinski definition) is 5. The average Bonchev–Trinajstić information content (AvgIpc) is 2.83. The van der Waals surface area contributed by atoms with Gasteiger partial charge in [-0.15, -0.1) is 0 Å². The van der Waals surface area contributed by atoms with Gasteiger partial charge in [0.15, 0.2) is 19.7 Å². The molecule has 0 bridgehead atoms. The van der Waals surface area contributed by atoms with Crippen LogP contribution in [0.3, 0.4) is 0 Å². The Hall–Kier alpha value is -1.92. The van der Waals surface area contributed by atoms with Crippen molar-refractivity contribution in [3.05, 3.63) is 58.1 Å². The highest BCUT2D eigenvalue weighted by Gasteiger charge is 2.38. The van der Waals surface area contributed by atoms with Gasteiger partial charge in [0.25, 0.3) is 5.91 Å². The molecule has 0 saturated carbocycles. The van der Waals surface area contributed by atoms with E-state index in [1.165, 1.54) is 24.3 Å². The van der Waals surface area contributed by atoms with Gasteiger partial charge in [0, 0.05) is 17.6 Å². The Balaban J connectivity index is 1.76. The number of hydrogen-bond donors (Lipinski definition) is 0. The van der Waals surface area contributed by atoms with Crippen molar-refractivity contribution < 1.29 is 34.8 Å². The number of sulfone groups is 2. The summed E-state index contributed by atoms with van der Waals surface area (Å²) in [7, 11) is -7.64. The molecule has 2 aromatic rings. The van der Waals surface area contributed by atoms with E-state index in [-0.39, 0.29) is 41.1 Å². The maximum atomic E-state index is 13.3. The summed E-state index contributed by atoms with van der Waals surface area (Å²) < 4.78 is 90.9. The molecule has 0 aliphatic carbocycles. The van der Waals surface area contributed by atoms with Crippen LogP contribution in [-0.2, 0) is 25.9 Å². The summed E-state index contributed by atoms with van der Waals surface area (Å²) in [5.74, 6) is -0.643. The third-order valence-corrected chi connectivity index (χ3v) is 12.5. The molecule has 1 unspecified atom stereocenters. The minimum Gasteiger partial charge on any atom is -0.339 e. The monoisotopic (exact) mass is 637 g/mol. The molecule has 1 heterocycles. The molecule has 6 nitrogen and oxygen atoms in total. The van der Waals surface area contributed by atoms with Crippen molar-refractivity contribution in [1.29, 1.82) is 0 Å². The topological polar surface area (TPSA) is 88.6 Å². The molecule has 2 aromatic carbocycles. The van der Waals surface area contributed by atoms with E-state index in [0.29, 0.717) is 28.9 Å². The van der Waals surface area contributed by atoms with Gasteiger partial charge in [-0.25, -0.2) is 16.8 Å². The highest BCUT2D eigenvalue weighted by molar-refractivity contribution is 9.10. The zero-order chi connectivity index (χ0) is 28.7. The number of nitrogens with zero attached hydrogens (tertiary/aromatic N) is 1. The largest absolute Gasteiger partial charge is 0.416 e. The van der Waals surface area contributed by atoms with Crippen LogP contribution in [-0.4, -0.2) is 50.7 Å². The fourth-order valence-electron chi connectivity index (χ4n) is 4.66. The van der Waals surface area contributed by atoms with Gasteiger partial charge in [-0.3, -0.25) is 4.79 Å². The van der Waals surface area contributed by atoms with E-state index in [1.54, 1.807) is 32.6 Å². The molecule has 12 heteroatoms. The molecular formula is C26H31BrF3NO5S2. The first-order valence-electron chi connectivity index (χ1n) is 12.2. The van der Waals surface area contributed by atoms with Crippen LogP contribution in [0.2, 0.25) is 0 Å². The molecule has 0 aromatic heterocycles. The van der Waals surface area contributed by atoms with E-state index in [4.69, 9.17) is 0 Å². The Bertz CT molecular complexity index is 1410. The first-order chi connectivity index (χ1) is 17.4. The molecule has 1 amide bonds. The minimum absolute atomic E-state index is 0.0951. The predicted octanol–water partition coefficient (Wildman–Crippen LogP) is 6.14. The highest BCUT2D eigenvalue weighted by Crippen LogP contribution is 2.35. The van der Waals surface area contributed by atoms with Gasteiger partial charge in [-0.05, 0) is 98.3 Å². The number of rotatable bonds is 6. The lowest BCUT2D eigenvalue weighted by molar-refractivity contribution is -0.137. The smallest absolute Gasteiger partial charge is 0.339 e. The second-order valence-electron chi connectivity index (χ2n) is 10.4. The number of piperidine rings is 1. The summed E-state index contributed by atoms with van der Waals surface area (Å²) in [4.78, 5) is 14.5. The summed E-state index contributed by atoms with van der Waals surface area (Å²) in [6, 6.07) is 8.08. The van der Waals surface area contributed by atoms with E-state index in [1.807, 2.05) is 0 Å². The molecule has 0 N–H and O–H groups in total. The standard InChI is InChI=1S/C26H31BrF3NO5S2/c1-5-23(37(33,34)19-8-6-7-18(15-19)26(28,29)30)17-11-13-31(14-12-17)24(32)21-10-9-20(16-22(21)27)38(35,36)25(2,3)4/h6-10,15-17,23H,5,11-14H2,1-4H3. The molecule has 1 aliphatic heterocycles. The van der Waals surface area contributed by atoms with Crippen molar-refractivity contribution in [2.75, 3.05) is 13.1 Å². The molecule has 1 fully saturated rings. The molecule has 0 radical (unpaired) electrons. The van der Waals surface area contributed by atoms with E-state index in [9.17, 15) is 34.8 Å². The summed E-state index contributed by atoms with van der Waals surface area (Å²) in [5.41, 5.74) is -0.722. The van der Waals surface area contributed by atoms with E-state index in [0.717, 1.165) is 12.1 Å². The van der Waals surface area contributed by atoms with Crippen molar-refractivity contribution in [3.63, 3.8) is 0 Å². The number of halogens is 4. The Morgan fingerprint density at radius 1 is 1.00 bits per heavy atom. The lowest BCUT2D eigenvalue weighted by Crippen LogP contribution is -2.43. The normalized spacial score (nSPS) is 16.9.